The molecule has 5 heteroatoms. The predicted molar refractivity (Wildman–Crippen MR) is 98.9 cm³/mol. The van der Waals surface area contributed by atoms with E-state index in [0.29, 0.717) is 0 Å². The van der Waals surface area contributed by atoms with E-state index in [2.05, 4.69) is 82.0 Å². The topological polar surface area (TPSA) is 34.0 Å². The fraction of sp³-hybridized carbons (Fsp3) is 0.263. The standard InChI is InChI=1S/C19H20N4S/c1-14-3-7-16(8-4-14)13-24-19-21-20-18-22(11-12-23(18)19)17-9-5-15(2)6-10-17/h3-10H,11-13H2,1-2H3. The molecule has 0 spiro atoms. The molecule has 24 heavy (non-hydrogen) atoms. The zero-order valence-corrected chi connectivity index (χ0v) is 14.8. The molecule has 4 rings (SSSR count). The number of benzene rings is 2. The summed E-state index contributed by atoms with van der Waals surface area (Å²) in [4.78, 5) is 2.24. The molecule has 0 unspecified atom stereocenters. The Balaban J connectivity index is 1.51. The normalized spacial score (nSPS) is 13.3. The average molecular weight is 336 g/mol. The minimum atomic E-state index is 0.920. The second-order valence-corrected chi connectivity index (χ2v) is 7.14. The lowest BCUT2D eigenvalue weighted by Gasteiger charge is -2.15. The third kappa shape index (κ3) is 2.91. The molecule has 0 atom stereocenters. The third-order valence-corrected chi connectivity index (χ3v) is 5.36. The quantitative estimate of drug-likeness (QED) is 0.664. The van der Waals surface area contributed by atoms with Gasteiger partial charge in [-0.25, -0.2) is 0 Å². The Morgan fingerprint density at radius 3 is 2.25 bits per heavy atom. The summed E-state index contributed by atoms with van der Waals surface area (Å²) in [7, 11) is 0. The lowest BCUT2D eigenvalue weighted by Crippen LogP contribution is -2.14. The second kappa shape index (κ2) is 6.32. The Kier molecular flexibility index (Phi) is 4.02. The van der Waals surface area contributed by atoms with Crippen molar-refractivity contribution in [3.8, 4) is 0 Å². The van der Waals surface area contributed by atoms with Crippen LogP contribution in [0.4, 0.5) is 11.6 Å². The zero-order chi connectivity index (χ0) is 16.5. The van der Waals surface area contributed by atoms with Gasteiger partial charge in [-0.1, -0.05) is 59.3 Å². The van der Waals surface area contributed by atoms with Crippen LogP contribution in [0.25, 0.3) is 0 Å². The molecule has 0 fully saturated rings. The van der Waals surface area contributed by atoms with Crippen LogP contribution in [-0.2, 0) is 12.3 Å². The summed E-state index contributed by atoms with van der Waals surface area (Å²) in [6.07, 6.45) is 0. The molecule has 0 saturated heterocycles. The van der Waals surface area contributed by atoms with Gasteiger partial charge in [0.2, 0.25) is 5.95 Å². The van der Waals surface area contributed by atoms with E-state index in [-0.39, 0.29) is 0 Å². The summed E-state index contributed by atoms with van der Waals surface area (Å²) in [5.41, 5.74) is 5.06. The molecule has 0 bridgehead atoms. The van der Waals surface area contributed by atoms with Crippen molar-refractivity contribution < 1.29 is 0 Å². The number of aromatic nitrogens is 3. The monoisotopic (exact) mass is 336 g/mol. The fourth-order valence-electron chi connectivity index (χ4n) is 2.88. The molecule has 0 saturated carbocycles. The lowest BCUT2D eigenvalue weighted by molar-refractivity contribution is 0.704. The van der Waals surface area contributed by atoms with Gasteiger partial charge in [-0.15, -0.1) is 10.2 Å². The Labute approximate surface area is 146 Å². The summed E-state index contributed by atoms with van der Waals surface area (Å²) in [6.45, 7) is 6.11. The van der Waals surface area contributed by atoms with Gasteiger partial charge in [0.1, 0.15) is 0 Å². The number of nitrogens with zero attached hydrogens (tertiary/aromatic N) is 4. The third-order valence-electron chi connectivity index (χ3n) is 4.32. The van der Waals surface area contributed by atoms with Crippen molar-refractivity contribution >= 4 is 23.4 Å². The molecule has 122 valence electrons. The number of fused-ring (bicyclic) bond motifs is 1. The van der Waals surface area contributed by atoms with Crippen LogP contribution in [0.3, 0.4) is 0 Å². The first-order chi connectivity index (χ1) is 11.7. The fourth-order valence-corrected chi connectivity index (χ4v) is 3.80. The first-order valence-corrected chi connectivity index (χ1v) is 9.15. The number of hydrogen-bond acceptors (Lipinski definition) is 4. The first-order valence-electron chi connectivity index (χ1n) is 8.16. The molecule has 4 nitrogen and oxygen atoms in total. The van der Waals surface area contributed by atoms with Crippen LogP contribution in [0.2, 0.25) is 0 Å². The molecule has 1 aliphatic heterocycles. The second-order valence-electron chi connectivity index (χ2n) is 6.20. The maximum Gasteiger partial charge on any atom is 0.232 e. The molecule has 0 N–H and O–H groups in total. The number of anilines is 2. The Morgan fingerprint density at radius 2 is 1.54 bits per heavy atom. The van der Waals surface area contributed by atoms with Gasteiger partial charge in [-0.3, -0.25) is 4.57 Å². The molecule has 1 aromatic heterocycles. The molecule has 2 aromatic carbocycles. The van der Waals surface area contributed by atoms with Crippen molar-refractivity contribution in [2.45, 2.75) is 31.3 Å². The largest absolute Gasteiger partial charge is 0.309 e. The summed E-state index contributed by atoms with van der Waals surface area (Å²) in [5.74, 6) is 1.87. The Hall–Kier alpha value is -2.27. The van der Waals surface area contributed by atoms with Crippen LogP contribution >= 0.6 is 11.8 Å². The Morgan fingerprint density at radius 1 is 0.875 bits per heavy atom. The first kappa shape index (κ1) is 15.3. The number of thioether (sulfide) groups is 1. The van der Waals surface area contributed by atoms with Gasteiger partial charge >= 0.3 is 0 Å². The highest BCUT2D eigenvalue weighted by molar-refractivity contribution is 7.98. The number of aryl methyl sites for hydroxylation is 2. The highest BCUT2D eigenvalue weighted by atomic mass is 32.2. The van der Waals surface area contributed by atoms with Crippen LogP contribution in [-0.4, -0.2) is 21.3 Å². The van der Waals surface area contributed by atoms with Gasteiger partial charge in [0.25, 0.3) is 0 Å². The van der Waals surface area contributed by atoms with Crippen molar-refractivity contribution in [1.82, 2.24) is 14.8 Å². The van der Waals surface area contributed by atoms with Gasteiger partial charge in [-0.2, -0.15) is 0 Å². The molecule has 0 radical (unpaired) electrons. The summed E-state index contributed by atoms with van der Waals surface area (Å²) in [6, 6.07) is 17.3. The molecule has 2 heterocycles. The van der Waals surface area contributed by atoms with E-state index in [9.17, 15) is 0 Å². The molecule has 0 aliphatic carbocycles. The zero-order valence-electron chi connectivity index (χ0n) is 13.9. The maximum absolute atomic E-state index is 4.42. The van der Waals surface area contributed by atoms with Crippen LogP contribution in [0.15, 0.2) is 53.7 Å². The van der Waals surface area contributed by atoms with Crippen LogP contribution in [0.5, 0.6) is 0 Å². The van der Waals surface area contributed by atoms with E-state index in [1.54, 1.807) is 11.8 Å². The number of hydrogen-bond donors (Lipinski definition) is 0. The van der Waals surface area contributed by atoms with E-state index in [1.165, 1.54) is 22.4 Å². The van der Waals surface area contributed by atoms with Crippen LogP contribution in [0.1, 0.15) is 16.7 Å². The van der Waals surface area contributed by atoms with E-state index < -0.39 is 0 Å². The highest BCUT2D eigenvalue weighted by Crippen LogP contribution is 2.33. The minimum Gasteiger partial charge on any atom is -0.309 e. The van der Waals surface area contributed by atoms with Gasteiger partial charge in [0.05, 0.1) is 0 Å². The highest BCUT2D eigenvalue weighted by Gasteiger charge is 2.25. The lowest BCUT2D eigenvalue weighted by atomic mass is 10.2. The molecule has 3 aromatic rings. The van der Waals surface area contributed by atoms with E-state index >= 15 is 0 Å². The number of rotatable bonds is 4. The smallest absolute Gasteiger partial charge is 0.232 e. The van der Waals surface area contributed by atoms with Crippen molar-refractivity contribution in [2.24, 2.45) is 0 Å². The van der Waals surface area contributed by atoms with Gasteiger partial charge in [0.15, 0.2) is 5.16 Å². The summed E-state index contributed by atoms with van der Waals surface area (Å²) < 4.78 is 2.22. The molecular weight excluding hydrogens is 316 g/mol. The van der Waals surface area contributed by atoms with Crippen LogP contribution in [0, 0.1) is 13.8 Å². The summed E-state index contributed by atoms with van der Waals surface area (Å²) >= 11 is 1.75. The van der Waals surface area contributed by atoms with E-state index in [4.69, 9.17) is 0 Å². The molecular formula is C19H20N4S. The predicted octanol–water partition coefficient (Wildman–Crippen LogP) is 4.34. The maximum atomic E-state index is 4.42. The van der Waals surface area contributed by atoms with E-state index in [1.807, 2.05) is 0 Å². The summed E-state index contributed by atoms with van der Waals surface area (Å²) in [5, 5.41) is 9.82. The SMILES string of the molecule is Cc1ccc(CSc2nnc3n2CCN3c2ccc(C)cc2)cc1. The van der Waals surface area contributed by atoms with Gasteiger partial charge in [-0.05, 0) is 31.5 Å². The van der Waals surface area contributed by atoms with Gasteiger partial charge in [0, 0.05) is 24.5 Å². The molecule has 0 amide bonds. The Bertz CT molecular complexity index is 837. The van der Waals surface area contributed by atoms with E-state index in [0.717, 1.165) is 29.9 Å². The van der Waals surface area contributed by atoms with Crippen molar-refractivity contribution in [3.05, 3.63) is 65.2 Å². The van der Waals surface area contributed by atoms with Gasteiger partial charge < -0.3 is 4.90 Å². The van der Waals surface area contributed by atoms with Crippen molar-refractivity contribution in [3.63, 3.8) is 0 Å². The van der Waals surface area contributed by atoms with Crippen molar-refractivity contribution in [1.29, 1.82) is 0 Å². The minimum absolute atomic E-state index is 0.920. The molecule has 1 aliphatic rings. The van der Waals surface area contributed by atoms with Crippen molar-refractivity contribution in [2.75, 3.05) is 11.4 Å². The van der Waals surface area contributed by atoms with Crippen LogP contribution < -0.4 is 4.90 Å². The average Bonchev–Trinajstić information content (AvgIpc) is 3.18.